The first kappa shape index (κ1) is 13.9. The van der Waals surface area contributed by atoms with Gasteiger partial charge in [-0.3, -0.25) is 9.59 Å². The Hall–Kier alpha value is -1.53. The van der Waals surface area contributed by atoms with Gasteiger partial charge in [-0.15, -0.1) is 11.8 Å². The highest BCUT2D eigenvalue weighted by molar-refractivity contribution is 7.99. The van der Waals surface area contributed by atoms with E-state index in [1.54, 1.807) is 18.8 Å². The Morgan fingerprint density at radius 3 is 3.00 bits per heavy atom. The largest absolute Gasteiger partial charge is 0.469 e. The summed E-state index contributed by atoms with van der Waals surface area (Å²) in [6, 6.07) is 5.57. The molecular formula is C13H16N2O3S. The molecule has 5 nitrogen and oxygen atoms in total. The molecule has 1 atom stereocenters. The Bertz CT molecular complexity index is 505. The van der Waals surface area contributed by atoms with Gasteiger partial charge in [-0.05, 0) is 19.2 Å². The lowest BCUT2D eigenvalue weighted by Gasteiger charge is -2.07. The van der Waals surface area contributed by atoms with Crippen LogP contribution in [-0.2, 0) is 14.3 Å². The highest BCUT2D eigenvalue weighted by atomic mass is 32.2. The number of nitrogens with one attached hydrogen (secondary N) is 2. The van der Waals surface area contributed by atoms with Gasteiger partial charge in [0.15, 0.2) is 0 Å². The topological polar surface area (TPSA) is 67.4 Å². The number of likely N-dealkylation sites (N-methyl/N-ethyl adjacent to an activating group) is 1. The maximum absolute atomic E-state index is 11.7. The van der Waals surface area contributed by atoms with Crippen molar-refractivity contribution in [1.82, 2.24) is 5.32 Å². The number of thioether (sulfide) groups is 1. The summed E-state index contributed by atoms with van der Waals surface area (Å²) >= 11 is 1.57. The van der Waals surface area contributed by atoms with E-state index in [0.717, 1.165) is 16.1 Å². The second kappa shape index (κ2) is 6.08. The van der Waals surface area contributed by atoms with E-state index >= 15 is 0 Å². The van der Waals surface area contributed by atoms with E-state index in [4.69, 9.17) is 0 Å². The highest BCUT2D eigenvalue weighted by Crippen LogP contribution is 2.34. The normalized spacial score (nSPS) is 16.9. The minimum Gasteiger partial charge on any atom is -0.469 e. The number of hydrogen-bond acceptors (Lipinski definition) is 5. The van der Waals surface area contributed by atoms with E-state index in [0.29, 0.717) is 12.2 Å². The van der Waals surface area contributed by atoms with E-state index < -0.39 is 0 Å². The monoisotopic (exact) mass is 280 g/mol. The van der Waals surface area contributed by atoms with Crippen molar-refractivity contribution in [3.05, 3.63) is 23.8 Å². The molecule has 1 aliphatic rings. The highest BCUT2D eigenvalue weighted by Gasteiger charge is 2.28. The maximum atomic E-state index is 11.7. The maximum Gasteiger partial charge on any atom is 0.306 e. The second-order valence-corrected chi connectivity index (χ2v) is 5.30. The minimum absolute atomic E-state index is 0.0331. The zero-order valence-corrected chi connectivity index (χ0v) is 11.7. The van der Waals surface area contributed by atoms with Crippen LogP contribution in [0.3, 0.4) is 0 Å². The molecule has 1 aromatic carbocycles. The number of hydrogen-bond donors (Lipinski definition) is 2. The number of carbonyl (C=O) groups excluding carboxylic acids is 2. The smallest absolute Gasteiger partial charge is 0.306 e. The Morgan fingerprint density at radius 2 is 2.32 bits per heavy atom. The first-order valence-corrected chi connectivity index (χ1v) is 6.96. The summed E-state index contributed by atoms with van der Waals surface area (Å²) in [5, 5.41) is 5.82. The van der Waals surface area contributed by atoms with Crippen molar-refractivity contribution >= 4 is 29.3 Å². The Morgan fingerprint density at radius 1 is 1.53 bits per heavy atom. The van der Waals surface area contributed by atoms with E-state index in [9.17, 15) is 9.59 Å². The van der Waals surface area contributed by atoms with E-state index in [1.165, 1.54) is 7.11 Å². The molecule has 0 bridgehead atoms. The lowest BCUT2D eigenvalue weighted by molar-refractivity contribution is -0.140. The average molecular weight is 280 g/mol. The van der Waals surface area contributed by atoms with Gasteiger partial charge in [-0.2, -0.15) is 0 Å². The van der Waals surface area contributed by atoms with Crippen LogP contribution in [0.2, 0.25) is 0 Å². The summed E-state index contributed by atoms with van der Waals surface area (Å²) in [6.07, 6.45) is 0.379. The van der Waals surface area contributed by atoms with E-state index in [2.05, 4.69) is 15.4 Å². The molecule has 1 heterocycles. The Labute approximate surface area is 116 Å². The molecule has 0 aromatic heterocycles. The average Bonchev–Trinajstić information content (AvgIpc) is 2.72. The van der Waals surface area contributed by atoms with Gasteiger partial charge in [-0.1, -0.05) is 6.07 Å². The molecule has 0 saturated carbocycles. The standard InChI is InChI=1S/C13H16N2O3S/c1-14-12-9-4-3-8(7-10(9)15-13(12)17)19-6-5-11(16)18-2/h3-4,7,12,14H,5-6H2,1-2H3,(H,15,17). The zero-order chi connectivity index (χ0) is 13.8. The number of esters is 1. The summed E-state index contributed by atoms with van der Waals surface area (Å²) in [7, 11) is 3.15. The van der Waals surface area contributed by atoms with Gasteiger partial charge in [0.05, 0.1) is 13.5 Å². The zero-order valence-electron chi connectivity index (χ0n) is 10.9. The van der Waals surface area contributed by atoms with Gasteiger partial charge < -0.3 is 15.4 Å². The molecule has 0 spiro atoms. The molecular weight excluding hydrogens is 264 g/mol. The summed E-state index contributed by atoms with van der Waals surface area (Å²) in [5.41, 5.74) is 1.80. The third kappa shape index (κ3) is 3.08. The lowest BCUT2D eigenvalue weighted by atomic mass is 10.1. The Balaban J connectivity index is 2.01. The third-order valence-electron chi connectivity index (χ3n) is 2.95. The van der Waals surface area contributed by atoms with E-state index in [1.807, 2.05) is 18.2 Å². The number of amides is 1. The van der Waals surface area contributed by atoms with Crippen molar-refractivity contribution in [2.75, 3.05) is 25.2 Å². The first-order valence-electron chi connectivity index (χ1n) is 5.97. The molecule has 1 aliphatic heterocycles. The van der Waals surface area contributed by atoms with Crippen molar-refractivity contribution in [2.24, 2.45) is 0 Å². The van der Waals surface area contributed by atoms with Crippen LogP contribution in [0, 0.1) is 0 Å². The molecule has 2 N–H and O–H groups in total. The molecule has 0 radical (unpaired) electrons. The number of benzene rings is 1. The third-order valence-corrected chi connectivity index (χ3v) is 3.94. The van der Waals surface area contributed by atoms with Crippen LogP contribution in [0.15, 0.2) is 23.1 Å². The molecule has 0 aliphatic carbocycles. The number of fused-ring (bicyclic) bond motifs is 1. The summed E-state index contributed by atoms with van der Waals surface area (Å²) in [6.45, 7) is 0. The van der Waals surface area contributed by atoms with Crippen LogP contribution < -0.4 is 10.6 Å². The number of anilines is 1. The Kier molecular flexibility index (Phi) is 4.44. The predicted molar refractivity (Wildman–Crippen MR) is 74.2 cm³/mol. The number of ether oxygens (including phenoxy) is 1. The SMILES string of the molecule is CNC1C(=O)Nc2cc(SCCC(=O)OC)ccc21. The fraction of sp³-hybridized carbons (Fsp3) is 0.385. The van der Waals surface area contributed by atoms with Gasteiger partial charge in [0.1, 0.15) is 6.04 Å². The molecule has 102 valence electrons. The minimum atomic E-state index is -0.274. The van der Waals surface area contributed by atoms with Crippen molar-refractivity contribution < 1.29 is 14.3 Å². The van der Waals surface area contributed by atoms with Crippen LogP contribution >= 0.6 is 11.8 Å². The summed E-state index contributed by atoms with van der Waals surface area (Å²) in [4.78, 5) is 23.7. The molecule has 1 unspecified atom stereocenters. The van der Waals surface area contributed by atoms with Crippen LogP contribution in [-0.4, -0.2) is 31.8 Å². The lowest BCUT2D eigenvalue weighted by Crippen LogP contribution is -2.23. The summed E-state index contributed by atoms with van der Waals surface area (Å²) < 4.78 is 4.59. The number of rotatable bonds is 5. The fourth-order valence-electron chi connectivity index (χ4n) is 1.97. The fourth-order valence-corrected chi connectivity index (χ4v) is 2.84. The number of carbonyl (C=O) groups is 2. The van der Waals surface area contributed by atoms with Gasteiger partial charge in [0, 0.05) is 21.9 Å². The molecule has 0 saturated heterocycles. The molecule has 1 aromatic rings. The van der Waals surface area contributed by atoms with Gasteiger partial charge in [0.2, 0.25) is 5.91 Å². The van der Waals surface area contributed by atoms with Crippen LogP contribution in [0.25, 0.3) is 0 Å². The second-order valence-electron chi connectivity index (χ2n) is 4.13. The molecule has 6 heteroatoms. The molecule has 19 heavy (non-hydrogen) atoms. The molecule has 1 amide bonds. The van der Waals surface area contributed by atoms with Gasteiger partial charge >= 0.3 is 5.97 Å². The van der Waals surface area contributed by atoms with Crippen LogP contribution in [0.1, 0.15) is 18.0 Å². The van der Waals surface area contributed by atoms with Crippen molar-refractivity contribution in [3.63, 3.8) is 0 Å². The van der Waals surface area contributed by atoms with E-state index in [-0.39, 0.29) is 17.9 Å². The van der Waals surface area contributed by atoms with Crippen molar-refractivity contribution in [1.29, 1.82) is 0 Å². The predicted octanol–water partition coefficient (Wildman–Crippen LogP) is 1.55. The van der Waals surface area contributed by atoms with Crippen LogP contribution in [0.4, 0.5) is 5.69 Å². The quantitative estimate of drug-likeness (QED) is 0.633. The van der Waals surface area contributed by atoms with Crippen molar-refractivity contribution in [3.8, 4) is 0 Å². The van der Waals surface area contributed by atoms with Crippen LogP contribution in [0.5, 0.6) is 0 Å². The first-order chi connectivity index (χ1) is 9.15. The van der Waals surface area contributed by atoms with Crippen molar-refractivity contribution in [2.45, 2.75) is 17.4 Å². The molecule has 2 rings (SSSR count). The van der Waals surface area contributed by atoms with Gasteiger partial charge in [0.25, 0.3) is 0 Å². The molecule has 0 fully saturated rings. The number of methoxy groups -OCH3 is 1. The van der Waals surface area contributed by atoms with Gasteiger partial charge in [-0.25, -0.2) is 0 Å². The summed E-state index contributed by atoms with van der Waals surface area (Å²) in [5.74, 6) is 0.418.